The molecule has 26 heavy (non-hydrogen) atoms. The lowest BCUT2D eigenvalue weighted by atomic mass is 9.87. The van der Waals surface area contributed by atoms with Gasteiger partial charge in [-0.15, -0.1) is 0 Å². The fourth-order valence-corrected chi connectivity index (χ4v) is 3.50. The summed E-state index contributed by atoms with van der Waals surface area (Å²) in [5.74, 6) is 0.0600. The number of amides is 2. The zero-order chi connectivity index (χ0) is 19.1. The van der Waals surface area contributed by atoms with E-state index in [-0.39, 0.29) is 17.6 Å². The van der Waals surface area contributed by atoms with Crippen LogP contribution in [0.5, 0.6) is 0 Å². The third-order valence-electron chi connectivity index (χ3n) is 5.25. The van der Waals surface area contributed by atoms with Crippen molar-refractivity contribution in [1.29, 1.82) is 0 Å². The van der Waals surface area contributed by atoms with E-state index in [0.717, 1.165) is 24.0 Å². The van der Waals surface area contributed by atoms with E-state index in [1.54, 1.807) is 6.07 Å². The minimum absolute atomic E-state index is 0.0794. The molecule has 0 saturated carbocycles. The number of carbonyl (C=O) groups excluding carboxylic acids is 2. The number of hydrogen-bond donors (Lipinski definition) is 1. The normalized spacial score (nSPS) is 16.2. The fraction of sp³-hybridized carbons (Fsp3) is 0.600. The smallest absolute Gasteiger partial charge is 0.406 e. The number of benzene rings is 1. The number of hydrogen-bond acceptors (Lipinski definition) is 3. The van der Waals surface area contributed by atoms with Gasteiger partial charge in [0.15, 0.2) is 0 Å². The number of piperidine rings is 1. The molecule has 2 amide bonds. The lowest BCUT2D eigenvalue weighted by molar-refractivity contribution is -0.136. The highest BCUT2D eigenvalue weighted by Crippen LogP contribution is 2.30. The largest absolute Gasteiger partial charge is 0.453 e. The Balaban J connectivity index is 1.92. The molecule has 5 nitrogen and oxygen atoms in total. The van der Waals surface area contributed by atoms with Crippen LogP contribution in [0.1, 0.15) is 50.2 Å². The van der Waals surface area contributed by atoms with Crippen LogP contribution in [-0.2, 0) is 16.0 Å². The van der Waals surface area contributed by atoms with Gasteiger partial charge in [0.05, 0.1) is 13.0 Å². The van der Waals surface area contributed by atoms with Crippen LogP contribution in [0.2, 0.25) is 0 Å². The standard InChI is InChI=1S/C20H29FN2O3/c1-4-14-12-17(6-7-18(14)21)16-8-10-23(11-9-16)19(24)15(5-2)13-22-20(25)26-3/h6-7,12,15-16H,4-5,8-11,13H2,1-3H3,(H,22,25). The predicted octanol–water partition coefficient (Wildman–Crippen LogP) is 3.48. The summed E-state index contributed by atoms with van der Waals surface area (Å²) in [6.07, 6.45) is 2.59. The first-order valence-electron chi connectivity index (χ1n) is 9.39. The molecule has 6 heteroatoms. The Labute approximate surface area is 154 Å². The van der Waals surface area contributed by atoms with Gasteiger partial charge in [-0.25, -0.2) is 9.18 Å². The minimum Gasteiger partial charge on any atom is -0.453 e. The van der Waals surface area contributed by atoms with Crippen molar-refractivity contribution in [3.63, 3.8) is 0 Å². The quantitative estimate of drug-likeness (QED) is 0.841. The van der Waals surface area contributed by atoms with Crippen LogP contribution in [0.25, 0.3) is 0 Å². The molecule has 0 aromatic heterocycles. The number of aryl methyl sites for hydroxylation is 1. The van der Waals surface area contributed by atoms with Gasteiger partial charge in [0.25, 0.3) is 0 Å². The van der Waals surface area contributed by atoms with Crippen LogP contribution in [0.4, 0.5) is 9.18 Å². The minimum atomic E-state index is -0.516. The molecule has 1 aliphatic heterocycles. The first-order chi connectivity index (χ1) is 12.5. The third-order valence-corrected chi connectivity index (χ3v) is 5.25. The summed E-state index contributed by atoms with van der Waals surface area (Å²) in [6, 6.07) is 5.38. The number of carbonyl (C=O) groups is 2. The van der Waals surface area contributed by atoms with Crippen molar-refractivity contribution < 1.29 is 18.7 Å². The number of rotatable bonds is 6. The Morgan fingerprint density at radius 2 is 2.00 bits per heavy atom. The number of ether oxygens (including phenoxy) is 1. The number of likely N-dealkylation sites (tertiary alicyclic amines) is 1. The summed E-state index contributed by atoms with van der Waals surface area (Å²) in [5.41, 5.74) is 1.91. The Hall–Kier alpha value is -2.11. The number of alkyl carbamates (subject to hydrolysis) is 1. The number of methoxy groups -OCH3 is 1. The van der Waals surface area contributed by atoms with E-state index in [9.17, 15) is 14.0 Å². The van der Waals surface area contributed by atoms with Crippen LogP contribution in [0.3, 0.4) is 0 Å². The highest BCUT2D eigenvalue weighted by molar-refractivity contribution is 5.80. The summed E-state index contributed by atoms with van der Waals surface area (Å²) in [4.78, 5) is 25.8. The van der Waals surface area contributed by atoms with Gasteiger partial charge >= 0.3 is 6.09 Å². The average molecular weight is 364 g/mol. The lowest BCUT2D eigenvalue weighted by Crippen LogP contribution is -2.44. The van der Waals surface area contributed by atoms with Crippen molar-refractivity contribution in [2.75, 3.05) is 26.7 Å². The average Bonchev–Trinajstić information content (AvgIpc) is 2.68. The first-order valence-corrected chi connectivity index (χ1v) is 9.39. The third kappa shape index (κ3) is 4.96. The molecule has 0 spiro atoms. The maximum atomic E-state index is 13.7. The molecular weight excluding hydrogens is 335 g/mol. The number of nitrogens with one attached hydrogen (secondary N) is 1. The number of halogens is 1. The molecule has 1 N–H and O–H groups in total. The van der Waals surface area contributed by atoms with Gasteiger partial charge in [0.1, 0.15) is 5.82 Å². The van der Waals surface area contributed by atoms with E-state index < -0.39 is 6.09 Å². The number of nitrogens with zero attached hydrogens (tertiary/aromatic N) is 1. The maximum Gasteiger partial charge on any atom is 0.406 e. The fourth-order valence-electron chi connectivity index (χ4n) is 3.50. The molecule has 1 unspecified atom stereocenters. The summed E-state index contributed by atoms with van der Waals surface area (Å²) in [6.45, 7) is 5.57. The highest BCUT2D eigenvalue weighted by Gasteiger charge is 2.28. The van der Waals surface area contributed by atoms with Gasteiger partial charge in [-0.05, 0) is 48.8 Å². The van der Waals surface area contributed by atoms with Crippen molar-refractivity contribution in [1.82, 2.24) is 10.2 Å². The SMILES string of the molecule is CCc1cc(C2CCN(C(=O)C(CC)CNC(=O)OC)CC2)ccc1F. The molecule has 1 aromatic carbocycles. The first kappa shape index (κ1) is 20.2. The van der Waals surface area contributed by atoms with Gasteiger partial charge in [-0.3, -0.25) is 4.79 Å². The zero-order valence-corrected chi connectivity index (χ0v) is 15.9. The second-order valence-electron chi connectivity index (χ2n) is 6.78. The van der Waals surface area contributed by atoms with Crippen molar-refractivity contribution in [2.45, 2.75) is 45.4 Å². The molecule has 0 bridgehead atoms. The van der Waals surface area contributed by atoms with Crippen molar-refractivity contribution in [3.8, 4) is 0 Å². The van der Waals surface area contributed by atoms with Crippen LogP contribution in [0.15, 0.2) is 18.2 Å². The molecule has 1 atom stereocenters. The van der Waals surface area contributed by atoms with Crippen molar-refractivity contribution in [2.24, 2.45) is 5.92 Å². The summed E-state index contributed by atoms with van der Waals surface area (Å²) in [5, 5.41) is 2.61. The Bertz CT molecular complexity index is 627. The van der Waals surface area contributed by atoms with Gasteiger partial charge in [0.2, 0.25) is 5.91 Å². The Morgan fingerprint density at radius 1 is 1.31 bits per heavy atom. The molecule has 1 aliphatic rings. The van der Waals surface area contributed by atoms with E-state index in [1.807, 2.05) is 30.9 Å². The molecule has 0 radical (unpaired) electrons. The van der Waals surface area contributed by atoms with E-state index >= 15 is 0 Å². The maximum absolute atomic E-state index is 13.7. The van der Waals surface area contributed by atoms with Crippen molar-refractivity contribution >= 4 is 12.0 Å². The molecular formula is C20H29FN2O3. The van der Waals surface area contributed by atoms with Crippen LogP contribution in [-0.4, -0.2) is 43.6 Å². The van der Waals surface area contributed by atoms with E-state index in [4.69, 9.17) is 0 Å². The monoisotopic (exact) mass is 364 g/mol. The summed E-state index contributed by atoms with van der Waals surface area (Å²) < 4.78 is 18.3. The lowest BCUT2D eigenvalue weighted by Gasteiger charge is -2.34. The second-order valence-corrected chi connectivity index (χ2v) is 6.78. The second kappa shape index (κ2) is 9.55. The van der Waals surface area contributed by atoms with E-state index in [2.05, 4.69) is 10.1 Å². The molecule has 2 rings (SSSR count). The Morgan fingerprint density at radius 3 is 2.58 bits per heavy atom. The van der Waals surface area contributed by atoms with Gasteiger partial charge in [0, 0.05) is 19.6 Å². The van der Waals surface area contributed by atoms with Crippen LogP contribution < -0.4 is 5.32 Å². The zero-order valence-electron chi connectivity index (χ0n) is 15.9. The molecule has 1 aromatic rings. The topological polar surface area (TPSA) is 58.6 Å². The molecule has 1 saturated heterocycles. The summed E-state index contributed by atoms with van der Waals surface area (Å²) >= 11 is 0. The van der Waals surface area contributed by atoms with E-state index in [0.29, 0.717) is 38.4 Å². The molecule has 1 fully saturated rings. The highest BCUT2D eigenvalue weighted by atomic mass is 19.1. The predicted molar refractivity (Wildman–Crippen MR) is 98.5 cm³/mol. The molecule has 144 valence electrons. The Kier molecular flexibility index (Phi) is 7.42. The van der Waals surface area contributed by atoms with Gasteiger partial charge < -0.3 is 15.0 Å². The summed E-state index contributed by atoms with van der Waals surface area (Å²) in [7, 11) is 1.31. The van der Waals surface area contributed by atoms with Crippen molar-refractivity contribution in [3.05, 3.63) is 35.1 Å². The van der Waals surface area contributed by atoms with Crippen LogP contribution >= 0.6 is 0 Å². The van der Waals surface area contributed by atoms with E-state index in [1.165, 1.54) is 7.11 Å². The molecule has 0 aliphatic carbocycles. The van der Waals surface area contributed by atoms with Gasteiger partial charge in [-0.2, -0.15) is 0 Å². The van der Waals surface area contributed by atoms with Gasteiger partial charge in [-0.1, -0.05) is 26.0 Å². The molecule has 1 heterocycles. The van der Waals surface area contributed by atoms with Crippen LogP contribution in [0, 0.1) is 11.7 Å².